The van der Waals surface area contributed by atoms with Crippen LogP contribution < -0.4 is 5.32 Å². The van der Waals surface area contributed by atoms with E-state index in [0.29, 0.717) is 0 Å². The van der Waals surface area contributed by atoms with Gasteiger partial charge in [0.15, 0.2) is 11.6 Å². The lowest BCUT2D eigenvalue weighted by atomic mass is 9.97. The molecular formula is C17H12F4N2O2. The van der Waals surface area contributed by atoms with Crippen LogP contribution in [0.1, 0.15) is 10.4 Å². The lowest BCUT2D eigenvalue weighted by Gasteiger charge is -2.38. The third kappa shape index (κ3) is 3.47. The number of benzene rings is 2. The zero-order chi connectivity index (χ0) is 18.1. The Morgan fingerprint density at radius 1 is 0.920 bits per heavy atom. The van der Waals surface area contributed by atoms with Crippen molar-refractivity contribution in [1.29, 1.82) is 0 Å². The van der Waals surface area contributed by atoms with E-state index < -0.39 is 41.0 Å². The molecule has 1 saturated heterocycles. The highest BCUT2D eigenvalue weighted by Crippen LogP contribution is 2.23. The largest absolute Gasteiger partial charge is 0.337 e. The van der Waals surface area contributed by atoms with Gasteiger partial charge in [-0.15, -0.1) is 0 Å². The molecule has 2 aromatic carbocycles. The van der Waals surface area contributed by atoms with Crippen LogP contribution in [0.2, 0.25) is 0 Å². The molecule has 8 heteroatoms. The van der Waals surface area contributed by atoms with Crippen molar-refractivity contribution in [2.75, 3.05) is 18.4 Å². The second kappa shape index (κ2) is 6.54. The molecule has 0 aliphatic carbocycles. The smallest absolute Gasteiger partial charge is 0.254 e. The molecule has 2 amide bonds. The second-order valence-corrected chi connectivity index (χ2v) is 5.65. The first-order valence-corrected chi connectivity index (χ1v) is 7.35. The van der Waals surface area contributed by atoms with Crippen LogP contribution in [0.5, 0.6) is 0 Å². The Balaban J connectivity index is 1.60. The summed E-state index contributed by atoms with van der Waals surface area (Å²) >= 11 is 0. The molecule has 3 rings (SSSR count). The number of likely N-dealkylation sites (tertiary alicyclic amines) is 1. The molecule has 1 fully saturated rings. The first-order valence-electron chi connectivity index (χ1n) is 7.35. The van der Waals surface area contributed by atoms with E-state index in [9.17, 15) is 27.2 Å². The summed E-state index contributed by atoms with van der Waals surface area (Å²) in [5, 5.41) is 2.27. The topological polar surface area (TPSA) is 49.4 Å². The Bertz CT molecular complexity index is 851. The first kappa shape index (κ1) is 16.9. The van der Waals surface area contributed by atoms with Crippen molar-refractivity contribution >= 4 is 17.5 Å². The molecule has 1 N–H and O–H groups in total. The Morgan fingerprint density at radius 3 is 2.28 bits per heavy atom. The maximum Gasteiger partial charge on any atom is 0.254 e. The maximum atomic E-state index is 13.5. The minimum Gasteiger partial charge on any atom is -0.337 e. The third-order valence-electron chi connectivity index (χ3n) is 3.89. The van der Waals surface area contributed by atoms with E-state index in [-0.39, 0.29) is 24.3 Å². The molecular weight excluding hydrogens is 340 g/mol. The number of carbonyl (C=O) groups excluding carboxylic acids is 2. The van der Waals surface area contributed by atoms with Gasteiger partial charge in [-0.2, -0.15) is 0 Å². The molecule has 0 aromatic heterocycles. The standard InChI is InChI=1S/C17H12F4N2O2/c18-11-2-4-13(20)15(6-11)22-16(24)10-7-23(8-10)17(25)9-1-3-12(19)14(21)5-9/h1-6,10H,7-8H2,(H,22,24). The van der Waals surface area contributed by atoms with E-state index >= 15 is 0 Å². The number of nitrogens with zero attached hydrogens (tertiary/aromatic N) is 1. The fourth-order valence-corrected chi connectivity index (χ4v) is 2.45. The second-order valence-electron chi connectivity index (χ2n) is 5.65. The molecule has 25 heavy (non-hydrogen) atoms. The minimum absolute atomic E-state index is 0.0334. The van der Waals surface area contributed by atoms with Gasteiger partial charge < -0.3 is 10.2 Å². The van der Waals surface area contributed by atoms with Gasteiger partial charge in [0.2, 0.25) is 5.91 Å². The third-order valence-corrected chi connectivity index (χ3v) is 3.89. The van der Waals surface area contributed by atoms with E-state index in [0.717, 1.165) is 36.4 Å². The summed E-state index contributed by atoms with van der Waals surface area (Å²) < 4.78 is 52.6. The van der Waals surface area contributed by atoms with Crippen molar-refractivity contribution in [3.63, 3.8) is 0 Å². The number of hydrogen-bond acceptors (Lipinski definition) is 2. The van der Waals surface area contributed by atoms with Gasteiger partial charge in [0.1, 0.15) is 11.6 Å². The maximum absolute atomic E-state index is 13.5. The zero-order valence-corrected chi connectivity index (χ0v) is 12.7. The Hall–Kier alpha value is -2.90. The van der Waals surface area contributed by atoms with Crippen LogP contribution in [0.4, 0.5) is 23.2 Å². The fraction of sp³-hybridized carbons (Fsp3) is 0.176. The highest BCUT2D eigenvalue weighted by molar-refractivity contribution is 5.98. The number of carbonyl (C=O) groups is 2. The molecule has 0 saturated carbocycles. The van der Waals surface area contributed by atoms with Gasteiger partial charge in [-0.25, -0.2) is 17.6 Å². The lowest BCUT2D eigenvalue weighted by Crippen LogP contribution is -2.54. The summed E-state index contributed by atoms with van der Waals surface area (Å²) in [5.74, 6) is -5.36. The van der Waals surface area contributed by atoms with Gasteiger partial charge in [-0.3, -0.25) is 9.59 Å². The van der Waals surface area contributed by atoms with E-state index in [4.69, 9.17) is 0 Å². The molecule has 0 spiro atoms. The average Bonchev–Trinajstić information content (AvgIpc) is 2.52. The highest BCUT2D eigenvalue weighted by atomic mass is 19.2. The summed E-state index contributed by atoms with van der Waals surface area (Å²) in [6.45, 7) is 0.0845. The Labute approximate surface area is 140 Å². The van der Waals surface area contributed by atoms with Gasteiger partial charge in [0.05, 0.1) is 11.6 Å². The minimum atomic E-state index is -1.14. The van der Waals surface area contributed by atoms with Gasteiger partial charge in [0.25, 0.3) is 5.91 Å². The summed E-state index contributed by atoms with van der Waals surface area (Å²) in [7, 11) is 0. The number of amides is 2. The molecule has 130 valence electrons. The van der Waals surface area contributed by atoms with Crippen LogP contribution >= 0.6 is 0 Å². The Morgan fingerprint density at radius 2 is 1.60 bits per heavy atom. The van der Waals surface area contributed by atoms with Crippen LogP contribution in [0.15, 0.2) is 36.4 Å². The van der Waals surface area contributed by atoms with Crippen molar-refractivity contribution in [3.05, 3.63) is 65.2 Å². The number of anilines is 1. The van der Waals surface area contributed by atoms with Crippen molar-refractivity contribution in [2.24, 2.45) is 5.92 Å². The normalized spacial score (nSPS) is 14.2. The summed E-state index contributed by atoms with van der Waals surface area (Å²) in [6, 6.07) is 5.46. The zero-order valence-electron chi connectivity index (χ0n) is 12.7. The summed E-state index contributed by atoms with van der Waals surface area (Å²) in [5.41, 5.74) is -0.315. The SMILES string of the molecule is O=C(Nc1cc(F)ccc1F)C1CN(C(=O)c2ccc(F)c(F)c2)C1. The lowest BCUT2D eigenvalue weighted by molar-refractivity contribution is -0.123. The molecule has 0 atom stereocenters. The molecule has 4 nitrogen and oxygen atoms in total. The van der Waals surface area contributed by atoms with Gasteiger partial charge in [-0.1, -0.05) is 0 Å². The van der Waals surface area contributed by atoms with Crippen LogP contribution in [0.25, 0.3) is 0 Å². The van der Waals surface area contributed by atoms with E-state index in [1.807, 2.05) is 0 Å². The van der Waals surface area contributed by atoms with E-state index in [1.54, 1.807) is 0 Å². The molecule has 0 unspecified atom stereocenters. The monoisotopic (exact) mass is 352 g/mol. The van der Waals surface area contributed by atoms with Crippen molar-refractivity contribution in [2.45, 2.75) is 0 Å². The van der Waals surface area contributed by atoms with Crippen molar-refractivity contribution < 1.29 is 27.2 Å². The molecule has 1 aliphatic heterocycles. The summed E-state index contributed by atoms with van der Waals surface area (Å²) in [4.78, 5) is 25.4. The van der Waals surface area contributed by atoms with Crippen LogP contribution in [0.3, 0.4) is 0 Å². The van der Waals surface area contributed by atoms with E-state index in [2.05, 4.69) is 5.32 Å². The van der Waals surface area contributed by atoms with Crippen LogP contribution in [-0.4, -0.2) is 29.8 Å². The molecule has 2 aromatic rings. The van der Waals surface area contributed by atoms with Gasteiger partial charge in [-0.05, 0) is 30.3 Å². The number of rotatable bonds is 3. The number of hydrogen-bond donors (Lipinski definition) is 1. The fourth-order valence-electron chi connectivity index (χ4n) is 2.45. The highest BCUT2D eigenvalue weighted by Gasteiger charge is 2.36. The molecule has 1 aliphatic rings. The predicted octanol–water partition coefficient (Wildman–Crippen LogP) is 2.95. The average molecular weight is 352 g/mol. The van der Waals surface area contributed by atoms with Gasteiger partial charge in [0, 0.05) is 24.7 Å². The molecule has 0 bridgehead atoms. The van der Waals surface area contributed by atoms with Crippen molar-refractivity contribution in [1.82, 2.24) is 4.90 Å². The molecule has 0 radical (unpaired) electrons. The predicted molar refractivity (Wildman–Crippen MR) is 80.7 cm³/mol. The quantitative estimate of drug-likeness (QED) is 0.864. The van der Waals surface area contributed by atoms with Crippen molar-refractivity contribution in [3.8, 4) is 0 Å². The number of halogens is 4. The van der Waals surface area contributed by atoms with E-state index in [1.165, 1.54) is 4.90 Å². The Kier molecular flexibility index (Phi) is 4.43. The van der Waals surface area contributed by atoms with Crippen LogP contribution in [0, 0.1) is 29.2 Å². The summed E-state index contributed by atoms with van der Waals surface area (Å²) in [6.07, 6.45) is 0. The molecule has 1 heterocycles. The number of nitrogens with one attached hydrogen (secondary N) is 1. The first-order chi connectivity index (χ1) is 11.8. The van der Waals surface area contributed by atoms with Crippen LogP contribution in [-0.2, 0) is 4.79 Å². The van der Waals surface area contributed by atoms with Gasteiger partial charge >= 0.3 is 0 Å².